The van der Waals surface area contributed by atoms with Crippen LogP contribution in [0.2, 0.25) is 0 Å². The van der Waals surface area contributed by atoms with Crippen molar-refractivity contribution in [3.63, 3.8) is 0 Å². The van der Waals surface area contributed by atoms with Gasteiger partial charge >= 0.3 is 0 Å². The lowest BCUT2D eigenvalue weighted by Crippen LogP contribution is -2.04. The van der Waals surface area contributed by atoms with Gasteiger partial charge in [0.1, 0.15) is 0 Å². The molecule has 0 bridgehead atoms. The summed E-state index contributed by atoms with van der Waals surface area (Å²) in [5.74, 6) is 0. The molecule has 3 heteroatoms. The molecule has 0 fully saturated rings. The topological polar surface area (TPSA) is 32.3 Å². The number of hydrogen-bond donors (Lipinski definition) is 0. The van der Waals surface area contributed by atoms with Crippen molar-refractivity contribution in [2.75, 3.05) is 6.61 Å². The van der Waals surface area contributed by atoms with Gasteiger partial charge in [-0.05, 0) is 12.5 Å². The zero-order valence-corrected chi connectivity index (χ0v) is 8.09. The molecule has 0 radical (unpaired) electrons. The molecular formula is C9H13O2P. The van der Waals surface area contributed by atoms with Gasteiger partial charge in [-0.1, -0.05) is 25.2 Å². The van der Waals surface area contributed by atoms with Crippen LogP contribution in [0.15, 0.2) is 24.3 Å². The van der Waals surface area contributed by atoms with Crippen LogP contribution in [-0.4, -0.2) is 11.9 Å². The van der Waals surface area contributed by atoms with E-state index in [1.165, 1.54) is 0 Å². The van der Waals surface area contributed by atoms with Gasteiger partial charge in [-0.3, -0.25) is 0 Å². The van der Waals surface area contributed by atoms with E-state index < -0.39 is 8.00 Å². The molecule has 0 aromatic rings. The van der Waals surface area contributed by atoms with Crippen molar-refractivity contribution in [1.29, 1.82) is 0 Å². The van der Waals surface area contributed by atoms with Crippen LogP contribution >= 0.6 is 8.00 Å². The predicted molar refractivity (Wildman–Crippen MR) is 51.1 cm³/mol. The van der Waals surface area contributed by atoms with E-state index in [-0.39, 0.29) is 0 Å². The molecule has 0 aliphatic heterocycles. The molecule has 1 aliphatic carbocycles. The molecule has 12 heavy (non-hydrogen) atoms. The summed E-state index contributed by atoms with van der Waals surface area (Å²) in [6.07, 6.45) is 9.36. The Balaban J connectivity index is 2.51. The molecule has 66 valence electrons. The summed E-state index contributed by atoms with van der Waals surface area (Å²) in [7, 11) is -1.58. The Morgan fingerprint density at radius 3 is 3.00 bits per heavy atom. The van der Waals surface area contributed by atoms with E-state index in [4.69, 9.17) is 4.52 Å². The summed E-state index contributed by atoms with van der Waals surface area (Å²) in [6.45, 7) is 2.58. The normalized spacial score (nSPS) is 19.8. The third-order valence-corrected chi connectivity index (χ3v) is 2.73. The molecule has 1 rings (SSSR count). The van der Waals surface area contributed by atoms with E-state index in [0.717, 1.165) is 18.1 Å². The fraction of sp³-hybridized carbons (Fsp3) is 0.444. The van der Waals surface area contributed by atoms with E-state index >= 15 is 0 Å². The second-order valence-electron chi connectivity index (χ2n) is 2.57. The van der Waals surface area contributed by atoms with Crippen LogP contribution in [-0.2, 0) is 4.52 Å². The summed E-state index contributed by atoms with van der Waals surface area (Å²) in [4.78, 5) is 11.4. The molecule has 0 saturated carbocycles. The highest BCUT2D eigenvalue weighted by atomic mass is 31.1. The standard InChI is InChI=1S/C9H13O2P/c1-2-8-11-12(10)9-6-4-3-5-7-9/h3-6H,2,7-8H2,1H3. The van der Waals surface area contributed by atoms with Crippen LogP contribution < -0.4 is 4.89 Å². The van der Waals surface area contributed by atoms with Crippen molar-refractivity contribution in [2.45, 2.75) is 19.8 Å². The van der Waals surface area contributed by atoms with Gasteiger partial charge in [-0.2, -0.15) is 4.52 Å². The summed E-state index contributed by atoms with van der Waals surface area (Å²) in [6, 6.07) is 0. The molecular weight excluding hydrogens is 171 g/mol. The van der Waals surface area contributed by atoms with Crippen LogP contribution in [0, 0.1) is 0 Å². The second kappa shape index (κ2) is 5.26. The number of allylic oxidation sites excluding steroid dienone is 4. The van der Waals surface area contributed by atoms with Gasteiger partial charge in [0.2, 0.25) is 8.00 Å². The molecule has 2 nitrogen and oxygen atoms in total. The Hall–Kier alpha value is -0.430. The van der Waals surface area contributed by atoms with Crippen LogP contribution in [0.25, 0.3) is 0 Å². The first kappa shape index (κ1) is 9.66. The molecule has 1 aliphatic rings. The van der Waals surface area contributed by atoms with Crippen molar-refractivity contribution in [3.05, 3.63) is 24.3 Å². The summed E-state index contributed by atoms with van der Waals surface area (Å²) >= 11 is 0. The number of rotatable bonds is 3. The van der Waals surface area contributed by atoms with Gasteiger partial charge in [0.25, 0.3) is 0 Å². The second-order valence-corrected chi connectivity index (χ2v) is 3.92. The van der Waals surface area contributed by atoms with Crippen LogP contribution in [0.1, 0.15) is 19.8 Å². The Labute approximate surface area is 74.1 Å². The van der Waals surface area contributed by atoms with Crippen molar-refractivity contribution in [3.8, 4) is 0 Å². The summed E-state index contributed by atoms with van der Waals surface area (Å²) in [5.41, 5.74) is 0. The van der Waals surface area contributed by atoms with E-state index in [1.807, 2.05) is 31.2 Å². The van der Waals surface area contributed by atoms with E-state index in [0.29, 0.717) is 6.61 Å². The Kier molecular flexibility index (Phi) is 4.23. The van der Waals surface area contributed by atoms with Crippen molar-refractivity contribution < 1.29 is 9.42 Å². The highest BCUT2D eigenvalue weighted by Gasteiger charge is 2.07. The fourth-order valence-electron chi connectivity index (χ4n) is 0.895. The first-order valence-corrected chi connectivity index (χ1v) is 5.31. The smallest absolute Gasteiger partial charge is 0.224 e. The van der Waals surface area contributed by atoms with Crippen LogP contribution in [0.3, 0.4) is 0 Å². The van der Waals surface area contributed by atoms with E-state index in [9.17, 15) is 4.89 Å². The highest BCUT2D eigenvalue weighted by molar-refractivity contribution is 7.47. The van der Waals surface area contributed by atoms with Gasteiger partial charge in [-0.15, -0.1) is 0 Å². The lowest BCUT2D eigenvalue weighted by molar-refractivity contribution is -0.172. The molecule has 0 spiro atoms. The monoisotopic (exact) mass is 184 g/mol. The van der Waals surface area contributed by atoms with Gasteiger partial charge in [0.15, 0.2) is 5.29 Å². The number of hydrogen-bond acceptors (Lipinski definition) is 2. The molecule has 0 aromatic heterocycles. The molecule has 0 saturated heterocycles. The van der Waals surface area contributed by atoms with Gasteiger partial charge in [0, 0.05) is 6.42 Å². The molecule has 0 aromatic carbocycles. The Morgan fingerprint density at radius 1 is 1.58 bits per heavy atom. The third kappa shape index (κ3) is 2.90. The predicted octanol–water partition coefficient (Wildman–Crippen LogP) is 1.77. The highest BCUT2D eigenvalue weighted by Crippen LogP contribution is 2.20. The zero-order valence-electron chi connectivity index (χ0n) is 7.19. The summed E-state index contributed by atoms with van der Waals surface area (Å²) < 4.78 is 5.12. The van der Waals surface area contributed by atoms with Crippen molar-refractivity contribution in [1.82, 2.24) is 0 Å². The van der Waals surface area contributed by atoms with Crippen molar-refractivity contribution >= 4 is 13.3 Å². The third-order valence-electron chi connectivity index (χ3n) is 1.51. The molecule has 0 N–H and O–H groups in total. The zero-order chi connectivity index (χ0) is 8.81. The lowest BCUT2D eigenvalue weighted by Gasteiger charge is -2.02. The van der Waals surface area contributed by atoms with E-state index in [2.05, 4.69) is 0 Å². The largest absolute Gasteiger partial charge is 0.603 e. The minimum Gasteiger partial charge on any atom is -0.603 e. The molecule has 1 unspecified atom stereocenters. The quantitative estimate of drug-likeness (QED) is 0.626. The minimum atomic E-state index is -1.58. The first-order chi connectivity index (χ1) is 5.84. The van der Waals surface area contributed by atoms with Crippen molar-refractivity contribution in [2.24, 2.45) is 0 Å². The fourth-order valence-corrected chi connectivity index (χ4v) is 1.87. The average Bonchev–Trinajstić information content (AvgIpc) is 2.15. The Bertz CT molecular complexity index is 229. The maximum atomic E-state index is 11.4. The van der Waals surface area contributed by atoms with Gasteiger partial charge in [-0.25, -0.2) is 0 Å². The van der Waals surface area contributed by atoms with Crippen LogP contribution in [0.4, 0.5) is 0 Å². The van der Waals surface area contributed by atoms with Gasteiger partial charge in [0.05, 0.1) is 6.61 Å². The maximum absolute atomic E-state index is 11.4. The molecule has 1 atom stereocenters. The first-order valence-electron chi connectivity index (χ1n) is 4.14. The SMILES string of the molecule is CCCO/[P+]([O-])=C1/C=CC=CC1. The molecule has 0 amide bonds. The van der Waals surface area contributed by atoms with Gasteiger partial charge < -0.3 is 4.89 Å². The lowest BCUT2D eigenvalue weighted by atomic mass is 10.2. The summed E-state index contributed by atoms with van der Waals surface area (Å²) in [5, 5.41) is 0.890. The van der Waals surface area contributed by atoms with E-state index in [1.54, 1.807) is 0 Å². The molecule has 0 heterocycles. The van der Waals surface area contributed by atoms with Crippen LogP contribution in [0.5, 0.6) is 0 Å². The Morgan fingerprint density at radius 2 is 2.42 bits per heavy atom. The average molecular weight is 184 g/mol. The maximum Gasteiger partial charge on any atom is 0.224 e. The minimum absolute atomic E-state index is 0.580.